The van der Waals surface area contributed by atoms with Crippen LogP contribution in [0.4, 0.5) is 17.1 Å². The Morgan fingerprint density at radius 2 is 1.86 bits per heavy atom. The van der Waals surface area contributed by atoms with Crippen LogP contribution in [0, 0.1) is 11.3 Å². The topological polar surface area (TPSA) is 104 Å². The first-order chi connectivity index (χ1) is 13.6. The normalized spacial score (nSPS) is 9.86. The van der Waals surface area contributed by atoms with Crippen molar-refractivity contribution in [2.75, 3.05) is 17.7 Å². The zero-order valence-corrected chi connectivity index (χ0v) is 15.0. The molecule has 1 aromatic heterocycles. The molecule has 0 atom stereocenters. The molecule has 0 aliphatic heterocycles. The lowest BCUT2D eigenvalue weighted by molar-refractivity contribution is 0.0600. The standard InChI is InChI=1S/C21H16N4O3/c1-28-21(27)14-6-4-7-16(11-14)25-20(26)19-12-17(9-10-23-19)24-18-8-3-2-5-15(18)13-22/h2-12H,1H3,(H,23,24)(H,25,26). The zero-order valence-electron chi connectivity index (χ0n) is 15.0. The summed E-state index contributed by atoms with van der Waals surface area (Å²) in [6, 6.07) is 18.9. The lowest BCUT2D eigenvalue weighted by Gasteiger charge is -2.10. The summed E-state index contributed by atoms with van der Waals surface area (Å²) < 4.78 is 4.68. The van der Waals surface area contributed by atoms with Gasteiger partial charge in [0.25, 0.3) is 5.91 Å². The number of hydrogen-bond donors (Lipinski definition) is 2. The van der Waals surface area contributed by atoms with Gasteiger partial charge in [0, 0.05) is 17.6 Å². The number of rotatable bonds is 5. The van der Waals surface area contributed by atoms with Gasteiger partial charge in [-0.15, -0.1) is 0 Å². The fourth-order valence-corrected chi connectivity index (χ4v) is 2.51. The number of amides is 1. The second kappa shape index (κ2) is 8.47. The summed E-state index contributed by atoms with van der Waals surface area (Å²) in [5.74, 6) is -0.921. The summed E-state index contributed by atoms with van der Waals surface area (Å²) in [6.45, 7) is 0. The molecule has 7 nitrogen and oxygen atoms in total. The minimum atomic E-state index is -0.489. The maximum atomic E-state index is 12.5. The quantitative estimate of drug-likeness (QED) is 0.661. The molecule has 0 radical (unpaired) electrons. The summed E-state index contributed by atoms with van der Waals surface area (Å²) in [6.07, 6.45) is 1.50. The average Bonchev–Trinajstić information content (AvgIpc) is 2.74. The fraction of sp³-hybridized carbons (Fsp3) is 0.0476. The Morgan fingerprint density at radius 3 is 2.64 bits per heavy atom. The van der Waals surface area contributed by atoms with Gasteiger partial charge >= 0.3 is 5.97 Å². The number of methoxy groups -OCH3 is 1. The summed E-state index contributed by atoms with van der Waals surface area (Å²) in [4.78, 5) is 28.2. The van der Waals surface area contributed by atoms with Crippen molar-refractivity contribution in [2.24, 2.45) is 0 Å². The van der Waals surface area contributed by atoms with Crippen LogP contribution in [0.25, 0.3) is 0 Å². The van der Waals surface area contributed by atoms with E-state index in [9.17, 15) is 14.9 Å². The third-order valence-electron chi connectivity index (χ3n) is 3.86. The SMILES string of the molecule is COC(=O)c1cccc(NC(=O)c2cc(Nc3ccccc3C#N)ccn2)c1. The van der Waals surface area contributed by atoms with Crippen LogP contribution in [0.15, 0.2) is 66.9 Å². The molecular weight excluding hydrogens is 356 g/mol. The third-order valence-corrected chi connectivity index (χ3v) is 3.86. The molecule has 138 valence electrons. The van der Waals surface area contributed by atoms with Crippen molar-refractivity contribution in [3.8, 4) is 6.07 Å². The molecule has 1 heterocycles. The fourth-order valence-electron chi connectivity index (χ4n) is 2.51. The van der Waals surface area contributed by atoms with Crippen LogP contribution in [0.2, 0.25) is 0 Å². The van der Waals surface area contributed by atoms with E-state index in [0.29, 0.717) is 28.2 Å². The molecule has 0 aliphatic rings. The van der Waals surface area contributed by atoms with Gasteiger partial charge in [-0.1, -0.05) is 18.2 Å². The highest BCUT2D eigenvalue weighted by atomic mass is 16.5. The van der Waals surface area contributed by atoms with E-state index in [1.165, 1.54) is 19.4 Å². The third kappa shape index (κ3) is 4.31. The monoisotopic (exact) mass is 372 g/mol. The van der Waals surface area contributed by atoms with Crippen molar-refractivity contribution in [1.29, 1.82) is 5.26 Å². The van der Waals surface area contributed by atoms with E-state index in [1.807, 2.05) is 6.07 Å². The number of carbonyl (C=O) groups excluding carboxylic acids is 2. The Balaban J connectivity index is 1.78. The largest absolute Gasteiger partial charge is 0.465 e. The highest BCUT2D eigenvalue weighted by Crippen LogP contribution is 2.21. The molecule has 0 saturated carbocycles. The van der Waals surface area contributed by atoms with Crippen molar-refractivity contribution >= 4 is 28.9 Å². The molecule has 0 fully saturated rings. The molecule has 0 unspecified atom stereocenters. The Morgan fingerprint density at radius 1 is 1.04 bits per heavy atom. The van der Waals surface area contributed by atoms with Crippen molar-refractivity contribution in [1.82, 2.24) is 4.98 Å². The first kappa shape index (κ1) is 18.6. The average molecular weight is 372 g/mol. The highest BCUT2D eigenvalue weighted by Gasteiger charge is 2.11. The van der Waals surface area contributed by atoms with Gasteiger partial charge in [-0.25, -0.2) is 4.79 Å². The van der Waals surface area contributed by atoms with Crippen LogP contribution < -0.4 is 10.6 Å². The summed E-state index contributed by atoms with van der Waals surface area (Å²) >= 11 is 0. The number of nitrogens with zero attached hydrogens (tertiary/aromatic N) is 2. The molecule has 7 heteroatoms. The molecule has 1 amide bonds. The summed E-state index contributed by atoms with van der Waals surface area (Å²) in [5.41, 5.74) is 2.70. The number of aromatic nitrogens is 1. The predicted molar refractivity (Wildman–Crippen MR) is 104 cm³/mol. The van der Waals surface area contributed by atoms with Gasteiger partial charge in [-0.3, -0.25) is 9.78 Å². The van der Waals surface area contributed by atoms with Gasteiger partial charge in [0.1, 0.15) is 11.8 Å². The smallest absolute Gasteiger partial charge is 0.337 e. The van der Waals surface area contributed by atoms with Crippen LogP contribution in [0.1, 0.15) is 26.4 Å². The maximum Gasteiger partial charge on any atom is 0.337 e. The molecule has 0 saturated heterocycles. The van der Waals surface area contributed by atoms with Crippen molar-refractivity contribution in [2.45, 2.75) is 0 Å². The maximum absolute atomic E-state index is 12.5. The van der Waals surface area contributed by atoms with E-state index < -0.39 is 11.9 Å². The Bertz CT molecular complexity index is 1070. The number of benzene rings is 2. The van der Waals surface area contributed by atoms with Crippen LogP contribution in [0.3, 0.4) is 0 Å². The van der Waals surface area contributed by atoms with Gasteiger partial charge in [0.2, 0.25) is 0 Å². The molecule has 28 heavy (non-hydrogen) atoms. The number of carbonyl (C=O) groups is 2. The van der Waals surface area contributed by atoms with Crippen LogP contribution in [0.5, 0.6) is 0 Å². The number of anilines is 3. The Labute approximate surface area is 161 Å². The number of ether oxygens (including phenoxy) is 1. The number of pyridine rings is 1. The summed E-state index contributed by atoms with van der Waals surface area (Å²) in [5, 5.41) is 15.0. The molecular formula is C21H16N4O3. The van der Waals surface area contributed by atoms with E-state index in [4.69, 9.17) is 0 Å². The lowest BCUT2D eigenvalue weighted by atomic mass is 10.2. The molecule has 2 aromatic carbocycles. The second-order valence-electron chi connectivity index (χ2n) is 5.74. The first-order valence-electron chi connectivity index (χ1n) is 8.32. The number of para-hydroxylation sites is 1. The van der Waals surface area contributed by atoms with Crippen LogP contribution >= 0.6 is 0 Å². The van der Waals surface area contributed by atoms with Gasteiger partial charge < -0.3 is 15.4 Å². The zero-order chi connectivity index (χ0) is 19.9. The van der Waals surface area contributed by atoms with Crippen molar-refractivity contribution in [3.63, 3.8) is 0 Å². The Hall–Kier alpha value is -4.18. The van der Waals surface area contributed by atoms with Crippen LogP contribution in [-0.4, -0.2) is 24.0 Å². The number of nitrogens with one attached hydrogen (secondary N) is 2. The van der Waals surface area contributed by atoms with E-state index in [1.54, 1.807) is 48.5 Å². The number of nitriles is 1. The van der Waals surface area contributed by atoms with Gasteiger partial charge in [0.05, 0.1) is 23.9 Å². The molecule has 0 bridgehead atoms. The molecule has 2 N–H and O–H groups in total. The highest BCUT2D eigenvalue weighted by molar-refractivity contribution is 6.04. The van der Waals surface area contributed by atoms with Gasteiger partial charge in [0.15, 0.2) is 0 Å². The second-order valence-corrected chi connectivity index (χ2v) is 5.74. The lowest BCUT2D eigenvalue weighted by Crippen LogP contribution is -2.14. The van der Waals surface area contributed by atoms with Gasteiger partial charge in [-0.2, -0.15) is 5.26 Å². The Kier molecular flexibility index (Phi) is 5.63. The van der Waals surface area contributed by atoms with E-state index in [2.05, 4.69) is 26.4 Å². The van der Waals surface area contributed by atoms with E-state index in [-0.39, 0.29) is 5.69 Å². The molecule has 0 spiro atoms. The van der Waals surface area contributed by atoms with Crippen molar-refractivity contribution < 1.29 is 14.3 Å². The van der Waals surface area contributed by atoms with Crippen molar-refractivity contribution in [3.05, 3.63) is 83.7 Å². The minimum absolute atomic E-state index is 0.183. The van der Waals surface area contributed by atoms with E-state index in [0.717, 1.165) is 0 Å². The summed E-state index contributed by atoms with van der Waals surface area (Å²) in [7, 11) is 1.29. The number of hydrogen-bond acceptors (Lipinski definition) is 6. The molecule has 3 rings (SSSR count). The van der Waals surface area contributed by atoms with Gasteiger partial charge in [-0.05, 0) is 42.5 Å². The first-order valence-corrected chi connectivity index (χ1v) is 8.32. The molecule has 0 aliphatic carbocycles. The predicted octanol–water partition coefficient (Wildman–Crippen LogP) is 3.74. The van der Waals surface area contributed by atoms with Crippen LogP contribution in [-0.2, 0) is 4.74 Å². The molecule has 3 aromatic rings. The minimum Gasteiger partial charge on any atom is -0.465 e. The van der Waals surface area contributed by atoms with E-state index >= 15 is 0 Å². The number of esters is 1.